The van der Waals surface area contributed by atoms with Crippen molar-refractivity contribution in [3.8, 4) is 11.5 Å². The molecule has 2 N–H and O–H groups in total. The predicted octanol–water partition coefficient (Wildman–Crippen LogP) is 5.44. The molecule has 1 unspecified atom stereocenters. The molecule has 0 spiro atoms. The van der Waals surface area contributed by atoms with Gasteiger partial charge in [-0.1, -0.05) is 32.0 Å². The summed E-state index contributed by atoms with van der Waals surface area (Å²) in [5, 5.41) is 20.3. The van der Waals surface area contributed by atoms with Gasteiger partial charge in [-0.25, -0.2) is 0 Å². The molecule has 0 heterocycles. The van der Waals surface area contributed by atoms with Gasteiger partial charge in [0, 0.05) is 24.7 Å². The zero-order chi connectivity index (χ0) is 21.4. The molecule has 30 heavy (non-hydrogen) atoms. The Morgan fingerprint density at radius 1 is 0.800 bits per heavy atom. The summed E-state index contributed by atoms with van der Waals surface area (Å²) in [5.74, 6) is 0.949. The molecule has 0 aromatic heterocycles. The number of hydrogen-bond acceptors (Lipinski definition) is 4. The SMILES string of the molecule is C[C@@H]1C(=O)CC(c2cc(O)cc([C@H]3CCCC(=O)[C@@H]3C)c2)C[C@H]1c1cccc(O)c1. The molecule has 0 saturated heterocycles. The van der Waals surface area contributed by atoms with Gasteiger partial charge in [-0.05, 0) is 78.0 Å². The lowest BCUT2D eigenvalue weighted by atomic mass is 9.68. The minimum atomic E-state index is -0.101. The summed E-state index contributed by atoms with van der Waals surface area (Å²) < 4.78 is 0. The van der Waals surface area contributed by atoms with Crippen LogP contribution in [-0.2, 0) is 9.59 Å². The van der Waals surface area contributed by atoms with Gasteiger partial charge in [-0.15, -0.1) is 0 Å². The second-order valence-electron chi connectivity index (χ2n) is 9.20. The summed E-state index contributed by atoms with van der Waals surface area (Å²) >= 11 is 0. The van der Waals surface area contributed by atoms with Crippen LogP contribution < -0.4 is 0 Å². The summed E-state index contributed by atoms with van der Waals surface area (Å²) in [5.41, 5.74) is 2.96. The lowest BCUT2D eigenvalue weighted by Crippen LogP contribution is -2.29. The Morgan fingerprint density at radius 3 is 2.27 bits per heavy atom. The van der Waals surface area contributed by atoms with E-state index in [2.05, 4.69) is 6.07 Å². The Bertz CT molecular complexity index is 963. The normalized spacial score (nSPS) is 29.7. The molecular formula is C26H30O4. The fraction of sp³-hybridized carbons (Fsp3) is 0.462. The molecule has 0 bridgehead atoms. The summed E-state index contributed by atoms with van der Waals surface area (Å²) in [7, 11) is 0. The maximum Gasteiger partial charge on any atom is 0.136 e. The van der Waals surface area contributed by atoms with E-state index in [1.807, 2.05) is 26.0 Å². The van der Waals surface area contributed by atoms with E-state index in [0.717, 1.165) is 36.0 Å². The summed E-state index contributed by atoms with van der Waals surface area (Å²) in [6.45, 7) is 3.95. The van der Waals surface area contributed by atoms with Crippen LogP contribution in [0.25, 0.3) is 0 Å². The first-order chi connectivity index (χ1) is 14.3. The van der Waals surface area contributed by atoms with Gasteiger partial charge in [-0.3, -0.25) is 9.59 Å². The highest BCUT2D eigenvalue weighted by molar-refractivity contribution is 5.84. The number of phenols is 2. The van der Waals surface area contributed by atoms with Gasteiger partial charge in [-0.2, -0.15) is 0 Å². The van der Waals surface area contributed by atoms with Crippen molar-refractivity contribution in [2.24, 2.45) is 11.8 Å². The minimum absolute atomic E-state index is 0.0153. The van der Waals surface area contributed by atoms with Crippen LogP contribution >= 0.6 is 0 Å². The van der Waals surface area contributed by atoms with Crippen molar-refractivity contribution in [2.75, 3.05) is 0 Å². The number of ketones is 2. The first-order valence-electron chi connectivity index (χ1n) is 11.0. The number of carbonyl (C=O) groups is 2. The van der Waals surface area contributed by atoms with Crippen molar-refractivity contribution in [3.05, 3.63) is 59.2 Å². The van der Waals surface area contributed by atoms with Crippen LogP contribution in [0.5, 0.6) is 11.5 Å². The molecule has 4 rings (SSSR count). The van der Waals surface area contributed by atoms with Crippen LogP contribution in [0.4, 0.5) is 0 Å². The van der Waals surface area contributed by atoms with E-state index in [0.29, 0.717) is 18.6 Å². The lowest BCUT2D eigenvalue weighted by molar-refractivity contribution is -0.125. The fourth-order valence-electron chi connectivity index (χ4n) is 5.44. The second-order valence-corrected chi connectivity index (χ2v) is 9.20. The maximum atomic E-state index is 12.8. The molecule has 0 aliphatic heterocycles. The van der Waals surface area contributed by atoms with Gasteiger partial charge in [0.25, 0.3) is 0 Å². The Hall–Kier alpha value is -2.62. The molecule has 2 aromatic carbocycles. The topological polar surface area (TPSA) is 74.6 Å². The number of benzene rings is 2. The number of aromatic hydroxyl groups is 2. The van der Waals surface area contributed by atoms with Crippen molar-refractivity contribution in [2.45, 2.75) is 63.7 Å². The monoisotopic (exact) mass is 406 g/mol. The highest BCUT2D eigenvalue weighted by Gasteiger charge is 2.36. The van der Waals surface area contributed by atoms with Crippen LogP contribution in [0.1, 0.15) is 80.4 Å². The molecule has 2 aliphatic carbocycles. The summed E-state index contributed by atoms with van der Waals surface area (Å²) in [6.07, 6.45) is 3.72. The van der Waals surface area contributed by atoms with E-state index in [9.17, 15) is 19.8 Å². The molecule has 158 valence electrons. The highest BCUT2D eigenvalue weighted by Crippen LogP contribution is 2.45. The minimum Gasteiger partial charge on any atom is -0.508 e. The van der Waals surface area contributed by atoms with Gasteiger partial charge in [0.2, 0.25) is 0 Å². The quantitative estimate of drug-likeness (QED) is 0.712. The van der Waals surface area contributed by atoms with E-state index < -0.39 is 0 Å². The molecule has 5 atom stereocenters. The standard InChI is InChI=1S/C26H30O4/c1-15-23(7-4-8-25(15)29)20-9-18(11-22(28)12-20)19-13-24(16(2)26(30)14-19)17-5-3-6-21(27)10-17/h3,5-6,9-12,15-16,19,23-24,27-28H,4,7-8,13-14H2,1-2H3/t15-,16+,19?,23+,24-/m1/s1. The lowest BCUT2D eigenvalue weighted by Gasteiger charge is -2.35. The van der Waals surface area contributed by atoms with E-state index in [-0.39, 0.29) is 46.9 Å². The third-order valence-corrected chi connectivity index (χ3v) is 7.31. The van der Waals surface area contributed by atoms with E-state index >= 15 is 0 Å². The molecule has 4 heteroatoms. The van der Waals surface area contributed by atoms with Gasteiger partial charge in [0.15, 0.2) is 0 Å². The van der Waals surface area contributed by atoms with Crippen molar-refractivity contribution in [3.63, 3.8) is 0 Å². The average molecular weight is 407 g/mol. The molecule has 2 fully saturated rings. The number of Topliss-reactive ketones (excluding diaryl/α,β-unsaturated/α-hetero) is 2. The molecular weight excluding hydrogens is 376 g/mol. The van der Waals surface area contributed by atoms with Gasteiger partial charge in [0.1, 0.15) is 23.1 Å². The van der Waals surface area contributed by atoms with Crippen molar-refractivity contribution < 1.29 is 19.8 Å². The number of carbonyl (C=O) groups excluding carboxylic acids is 2. The number of rotatable bonds is 3. The molecule has 0 radical (unpaired) electrons. The highest BCUT2D eigenvalue weighted by atomic mass is 16.3. The fourth-order valence-corrected chi connectivity index (χ4v) is 5.44. The van der Waals surface area contributed by atoms with E-state index in [4.69, 9.17) is 0 Å². The zero-order valence-electron chi connectivity index (χ0n) is 17.7. The second kappa shape index (κ2) is 8.25. The predicted molar refractivity (Wildman–Crippen MR) is 116 cm³/mol. The van der Waals surface area contributed by atoms with Gasteiger partial charge in [0.05, 0.1) is 0 Å². The third kappa shape index (κ3) is 4.00. The van der Waals surface area contributed by atoms with E-state index in [1.165, 1.54) is 0 Å². The van der Waals surface area contributed by atoms with Crippen molar-refractivity contribution in [1.82, 2.24) is 0 Å². The average Bonchev–Trinajstić information content (AvgIpc) is 2.71. The molecule has 2 aliphatic rings. The van der Waals surface area contributed by atoms with Crippen LogP contribution in [0.15, 0.2) is 42.5 Å². The van der Waals surface area contributed by atoms with Gasteiger partial charge >= 0.3 is 0 Å². The largest absolute Gasteiger partial charge is 0.508 e. The Kier molecular flexibility index (Phi) is 5.68. The molecule has 2 saturated carbocycles. The number of phenolic OH excluding ortho intramolecular Hbond substituents is 2. The van der Waals surface area contributed by atoms with Crippen LogP contribution in [-0.4, -0.2) is 21.8 Å². The zero-order valence-corrected chi connectivity index (χ0v) is 17.7. The Balaban J connectivity index is 1.65. The molecule has 2 aromatic rings. The van der Waals surface area contributed by atoms with Crippen LogP contribution in [0.2, 0.25) is 0 Å². The Labute approximate surface area is 177 Å². The Morgan fingerprint density at radius 2 is 1.50 bits per heavy atom. The van der Waals surface area contributed by atoms with Crippen LogP contribution in [0, 0.1) is 11.8 Å². The number of hydrogen-bond donors (Lipinski definition) is 2. The smallest absolute Gasteiger partial charge is 0.136 e. The maximum absolute atomic E-state index is 12.8. The van der Waals surface area contributed by atoms with Crippen LogP contribution in [0.3, 0.4) is 0 Å². The third-order valence-electron chi connectivity index (χ3n) is 7.31. The summed E-state index contributed by atoms with van der Waals surface area (Å²) in [4.78, 5) is 25.1. The molecule has 4 nitrogen and oxygen atoms in total. The summed E-state index contributed by atoms with van der Waals surface area (Å²) in [6, 6.07) is 12.8. The van der Waals surface area contributed by atoms with Gasteiger partial charge < -0.3 is 10.2 Å². The molecule has 0 amide bonds. The van der Waals surface area contributed by atoms with Crippen molar-refractivity contribution >= 4 is 11.6 Å². The first kappa shape index (κ1) is 20.6. The van der Waals surface area contributed by atoms with E-state index in [1.54, 1.807) is 24.3 Å². The van der Waals surface area contributed by atoms with Crippen molar-refractivity contribution in [1.29, 1.82) is 0 Å². The first-order valence-corrected chi connectivity index (χ1v) is 11.0.